The van der Waals surface area contributed by atoms with E-state index in [1.807, 2.05) is 48.5 Å². The second-order valence-corrected chi connectivity index (χ2v) is 11.0. The molecule has 0 bridgehead atoms. The molecule has 4 aromatic carbocycles. The first-order valence-corrected chi connectivity index (χ1v) is 13.6. The summed E-state index contributed by atoms with van der Waals surface area (Å²) in [6.07, 6.45) is 1.64. The van der Waals surface area contributed by atoms with Crippen molar-refractivity contribution in [2.45, 2.75) is 6.61 Å². The second kappa shape index (κ2) is 12.2. The highest BCUT2D eigenvalue weighted by Crippen LogP contribution is 2.30. The first kappa shape index (κ1) is 25.2. The quantitative estimate of drug-likeness (QED) is 0.118. The van der Waals surface area contributed by atoms with Gasteiger partial charge in [0.25, 0.3) is 5.91 Å². The van der Waals surface area contributed by atoms with E-state index in [-0.39, 0.29) is 12.5 Å². The highest BCUT2D eigenvalue weighted by atomic mass is 127. The third kappa shape index (κ3) is 6.81. The van der Waals surface area contributed by atoms with Gasteiger partial charge >= 0.3 is 0 Å². The summed E-state index contributed by atoms with van der Waals surface area (Å²) < 4.78 is 9.32. The molecule has 4 rings (SSSR count). The van der Waals surface area contributed by atoms with Crippen LogP contribution in [-0.4, -0.2) is 18.7 Å². The fourth-order valence-corrected chi connectivity index (χ4v) is 5.82. The van der Waals surface area contributed by atoms with Gasteiger partial charge in [-0.2, -0.15) is 5.10 Å². The zero-order valence-electron chi connectivity index (χ0n) is 17.9. The van der Waals surface area contributed by atoms with Gasteiger partial charge in [-0.05, 0) is 126 Å². The van der Waals surface area contributed by atoms with Crippen molar-refractivity contribution >= 4 is 96.4 Å². The number of hydrogen-bond donors (Lipinski definition) is 2. The monoisotopic (exact) mass is 787 g/mol. The van der Waals surface area contributed by atoms with E-state index in [0.29, 0.717) is 6.61 Å². The third-order valence-corrected chi connectivity index (χ3v) is 7.29. The molecule has 0 heterocycles. The van der Waals surface area contributed by atoms with Gasteiger partial charge in [0.2, 0.25) is 0 Å². The van der Waals surface area contributed by atoms with E-state index in [1.54, 1.807) is 6.21 Å². The Morgan fingerprint density at radius 3 is 2.38 bits per heavy atom. The van der Waals surface area contributed by atoms with Crippen molar-refractivity contribution in [3.63, 3.8) is 0 Å². The van der Waals surface area contributed by atoms with Gasteiger partial charge in [0, 0.05) is 9.26 Å². The van der Waals surface area contributed by atoms with Crippen molar-refractivity contribution in [2.75, 3.05) is 11.9 Å². The van der Waals surface area contributed by atoms with Gasteiger partial charge in [-0.15, -0.1) is 0 Å². The molecule has 0 aromatic heterocycles. The molecule has 0 atom stereocenters. The molecule has 0 aliphatic rings. The summed E-state index contributed by atoms with van der Waals surface area (Å²) >= 11 is 6.78. The van der Waals surface area contributed by atoms with Gasteiger partial charge in [0.05, 0.1) is 19.9 Å². The SMILES string of the molecule is O=C(CNc1ccc(I)cc1)N/N=C/c1cc(I)c(OCc2cccc3ccccc23)c(I)c1. The number of rotatable bonds is 8. The average molecular weight is 787 g/mol. The number of benzene rings is 4. The molecule has 0 saturated carbocycles. The molecule has 0 aliphatic heterocycles. The summed E-state index contributed by atoms with van der Waals surface area (Å²) in [7, 11) is 0. The molecule has 34 heavy (non-hydrogen) atoms. The van der Waals surface area contributed by atoms with Gasteiger partial charge in [0.1, 0.15) is 12.4 Å². The van der Waals surface area contributed by atoms with E-state index in [0.717, 1.165) is 33.3 Å². The molecule has 0 aliphatic carbocycles. The Morgan fingerprint density at radius 2 is 1.62 bits per heavy atom. The summed E-state index contributed by atoms with van der Waals surface area (Å²) in [5.41, 5.74) is 5.49. The Kier molecular flexibility index (Phi) is 9.00. The van der Waals surface area contributed by atoms with Crippen LogP contribution in [-0.2, 0) is 11.4 Å². The normalized spacial score (nSPS) is 11.0. The Bertz CT molecular complexity index is 1310. The number of hydrogen-bond acceptors (Lipinski definition) is 4. The van der Waals surface area contributed by atoms with Crippen molar-refractivity contribution < 1.29 is 9.53 Å². The number of anilines is 1. The Morgan fingerprint density at radius 1 is 0.912 bits per heavy atom. The summed E-state index contributed by atoms with van der Waals surface area (Å²) in [4.78, 5) is 12.1. The van der Waals surface area contributed by atoms with E-state index in [2.05, 4.69) is 114 Å². The lowest BCUT2D eigenvalue weighted by molar-refractivity contribution is -0.119. The number of carbonyl (C=O) groups is 1. The molecule has 0 unspecified atom stereocenters. The predicted octanol–water partition coefficient (Wildman–Crippen LogP) is 6.79. The maximum absolute atomic E-state index is 12.1. The number of halogens is 3. The Labute approximate surface area is 239 Å². The van der Waals surface area contributed by atoms with Crippen molar-refractivity contribution in [1.29, 1.82) is 0 Å². The fraction of sp³-hybridized carbons (Fsp3) is 0.0769. The van der Waals surface area contributed by atoms with Gasteiger partial charge in [-0.3, -0.25) is 4.79 Å². The molecule has 8 heteroatoms. The van der Waals surface area contributed by atoms with Gasteiger partial charge < -0.3 is 10.1 Å². The molecule has 5 nitrogen and oxygen atoms in total. The molecule has 1 amide bonds. The molecular weight excluding hydrogens is 767 g/mol. The molecular formula is C26H20I3N3O2. The van der Waals surface area contributed by atoms with Crippen LogP contribution in [0.3, 0.4) is 0 Å². The van der Waals surface area contributed by atoms with Gasteiger partial charge in [-0.25, -0.2) is 5.43 Å². The lowest BCUT2D eigenvalue weighted by Crippen LogP contribution is -2.25. The van der Waals surface area contributed by atoms with Crippen LogP contribution in [0.25, 0.3) is 10.8 Å². The van der Waals surface area contributed by atoms with Crippen LogP contribution < -0.4 is 15.5 Å². The highest BCUT2D eigenvalue weighted by molar-refractivity contribution is 14.1. The lowest BCUT2D eigenvalue weighted by Gasteiger charge is -2.13. The summed E-state index contributed by atoms with van der Waals surface area (Å²) in [5.74, 6) is 0.631. The Balaban J connectivity index is 1.34. The molecule has 0 fully saturated rings. The van der Waals surface area contributed by atoms with E-state index < -0.39 is 0 Å². The van der Waals surface area contributed by atoms with Crippen molar-refractivity contribution in [1.82, 2.24) is 5.43 Å². The van der Waals surface area contributed by atoms with Crippen LogP contribution in [0.5, 0.6) is 5.75 Å². The average Bonchev–Trinajstić information content (AvgIpc) is 2.83. The molecule has 172 valence electrons. The topological polar surface area (TPSA) is 62.7 Å². The van der Waals surface area contributed by atoms with E-state index >= 15 is 0 Å². The largest absolute Gasteiger partial charge is 0.487 e. The number of nitrogens with one attached hydrogen (secondary N) is 2. The fourth-order valence-electron chi connectivity index (χ4n) is 3.33. The van der Waals surface area contributed by atoms with Crippen LogP contribution in [0.4, 0.5) is 5.69 Å². The molecule has 2 N–H and O–H groups in total. The minimum Gasteiger partial charge on any atom is -0.487 e. The molecule has 4 aromatic rings. The number of nitrogens with zero attached hydrogens (tertiary/aromatic N) is 1. The predicted molar refractivity (Wildman–Crippen MR) is 164 cm³/mol. The van der Waals surface area contributed by atoms with E-state index in [4.69, 9.17) is 4.74 Å². The van der Waals surface area contributed by atoms with Crippen LogP contribution >= 0.6 is 67.8 Å². The van der Waals surface area contributed by atoms with E-state index in [9.17, 15) is 4.79 Å². The number of hydrazone groups is 1. The standard InChI is InChI=1S/C26H20I3N3O2/c27-20-8-10-21(11-9-20)30-15-25(33)32-31-14-17-12-23(28)26(24(29)13-17)34-16-19-6-3-5-18-4-1-2-7-22(18)19/h1-14,30H,15-16H2,(H,32,33)/b31-14+. The molecule has 0 saturated heterocycles. The second-order valence-electron chi connectivity index (χ2n) is 7.39. The van der Waals surface area contributed by atoms with Crippen molar-refractivity contribution in [3.05, 3.63) is 101 Å². The van der Waals surface area contributed by atoms with E-state index in [1.165, 1.54) is 10.8 Å². The number of fused-ring (bicyclic) bond motifs is 1. The maximum Gasteiger partial charge on any atom is 0.259 e. The first-order valence-electron chi connectivity index (χ1n) is 10.4. The minimum atomic E-state index is -0.214. The number of ether oxygens (including phenoxy) is 1. The maximum atomic E-state index is 12.1. The zero-order valence-corrected chi connectivity index (χ0v) is 24.4. The lowest BCUT2D eigenvalue weighted by atomic mass is 10.1. The van der Waals surface area contributed by atoms with Crippen LogP contribution in [0.2, 0.25) is 0 Å². The summed E-state index contributed by atoms with van der Waals surface area (Å²) in [6.45, 7) is 0.637. The van der Waals surface area contributed by atoms with Gasteiger partial charge in [0.15, 0.2) is 0 Å². The van der Waals surface area contributed by atoms with Crippen molar-refractivity contribution in [3.8, 4) is 5.75 Å². The molecule has 0 radical (unpaired) electrons. The Hall–Kier alpha value is -1.93. The number of amides is 1. The van der Waals surface area contributed by atoms with Crippen molar-refractivity contribution in [2.24, 2.45) is 5.10 Å². The highest BCUT2D eigenvalue weighted by Gasteiger charge is 2.10. The van der Waals surface area contributed by atoms with Crippen LogP contribution in [0.15, 0.2) is 84.0 Å². The smallest absolute Gasteiger partial charge is 0.259 e. The number of carbonyl (C=O) groups excluding carboxylic acids is 1. The first-order chi connectivity index (χ1) is 16.5. The minimum absolute atomic E-state index is 0.147. The third-order valence-electron chi connectivity index (χ3n) is 4.97. The van der Waals surface area contributed by atoms with Crippen LogP contribution in [0.1, 0.15) is 11.1 Å². The summed E-state index contributed by atoms with van der Waals surface area (Å²) in [6, 6.07) is 26.4. The van der Waals surface area contributed by atoms with Gasteiger partial charge in [-0.1, -0.05) is 42.5 Å². The zero-order chi connectivity index (χ0) is 23.9. The summed E-state index contributed by atoms with van der Waals surface area (Å²) in [5, 5.41) is 9.57. The molecule has 0 spiro atoms. The van der Waals surface area contributed by atoms with Crippen LogP contribution in [0, 0.1) is 10.7 Å².